The van der Waals surface area contributed by atoms with Crippen LogP contribution in [0.25, 0.3) is 0 Å². The van der Waals surface area contributed by atoms with E-state index in [0.29, 0.717) is 18.8 Å². The zero-order valence-electron chi connectivity index (χ0n) is 17.0. The van der Waals surface area contributed by atoms with Gasteiger partial charge in [-0.1, -0.05) is 12.1 Å². The van der Waals surface area contributed by atoms with Gasteiger partial charge in [-0.25, -0.2) is 0 Å². The van der Waals surface area contributed by atoms with Gasteiger partial charge in [0, 0.05) is 24.1 Å². The summed E-state index contributed by atoms with van der Waals surface area (Å²) < 4.78 is 10.6. The van der Waals surface area contributed by atoms with Gasteiger partial charge in [-0.15, -0.1) is 24.2 Å². The number of hydrogen-bond acceptors (Lipinski definition) is 6. The lowest BCUT2D eigenvalue weighted by atomic mass is 10.1. The number of carbonyl (C=O) groups excluding carboxylic acids is 1. The van der Waals surface area contributed by atoms with Gasteiger partial charge in [0.2, 0.25) is 0 Å². The van der Waals surface area contributed by atoms with E-state index in [1.54, 1.807) is 19.1 Å². The van der Waals surface area contributed by atoms with Crippen LogP contribution in [0.1, 0.15) is 10.8 Å². The summed E-state index contributed by atoms with van der Waals surface area (Å²) in [6.07, 6.45) is -1.15. The number of ether oxygens (including phenoxy) is 2. The molecule has 0 saturated carbocycles. The highest BCUT2D eigenvalue weighted by Crippen LogP contribution is 2.46. The molecule has 2 aromatic rings. The van der Waals surface area contributed by atoms with Crippen molar-refractivity contribution >= 4 is 35.8 Å². The third-order valence-corrected chi connectivity index (χ3v) is 6.11. The van der Waals surface area contributed by atoms with Crippen LogP contribution < -0.4 is 14.4 Å². The number of nitrogens with zero attached hydrogens (tertiary/aromatic N) is 2. The molecular formula is C21H27ClN2O4S. The molecule has 29 heavy (non-hydrogen) atoms. The van der Waals surface area contributed by atoms with Crippen molar-refractivity contribution in [2.45, 2.75) is 16.2 Å². The molecule has 0 aromatic heterocycles. The number of carbonyl (C=O) groups is 1. The Balaban J connectivity index is 0.00000300. The Hall–Kier alpha value is -1.93. The van der Waals surface area contributed by atoms with Crippen molar-refractivity contribution in [3.05, 3.63) is 48.0 Å². The van der Waals surface area contributed by atoms with Crippen LogP contribution in [0.2, 0.25) is 0 Å². The first-order valence-corrected chi connectivity index (χ1v) is 9.95. The fourth-order valence-corrected chi connectivity index (χ4v) is 4.37. The van der Waals surface area contributed by atoms with Gasteiger partial charge >= 0.3 is 0 Å². The van der Waals surface area contributed by atoms with E-state index in [1.165, 1.54) is 11.8 Å². The minimum absolute atomic E-state index is 0. The summed E-state index contributed by atoms with van der Waals surface area (Å²) in [6.45, 7) is 1.17. The molecule has 0 radical (unpaired) electrons. The molecule has 1 N–H and O–H groups in total. The Kier molecular flexibility index (Phi) is 8.22. The average Bonchev–Trinajstić information content (AvgIpc) is 2.81. The first kappa shape index (κ1) is 23.3. The number of aliphatic hydroxyl groups excluding tert-OH is 1. The molecule has 0 aliphatic carbocycles. The fraction of sp³-hybridized carbons (Fsp3) is 0.381. The summed E-state index contributed by atoms with van der Waals surface area (Å²) >= 11 is 1.49. The normalized spacial score (nSPS) is 18.7. The van der Waals surface area contributed by atoms with Crippen LogP contribution in [-0.2, 0) is 4.79 Å². The highest BCUT2D eigenvalue weighted by molar-refractivity contribution is 7.99. The second kappa shape index (κ2) is 10.2. The maximum absolute atomic E-state index is 13.2. The molecule has 0 spiro atoms. The van der Waals surface area contributed by atoms with Gasteiger partial charge in [-0.2, -0.15) is 0 Å². The Morgan fingerprint density at radius 2 is 1.69 bits per heavy atom. The van der Waals surface area contributed by atoms with Gasteiger partial charge in [0.05, 0.1) is 25.2 Å². The first-order chi connectivity index (χ1) is 13.4. The third kappa shape index (κ3) is 5.17. The number of fused-ring (bicyclic) bond motifs is 1. The number of thioether (sulfide) groups is 1. The topological polar surface area (TPSA) is 62.2 Å². The molecule has 1 aliphatic heterocycles. The molecule has 0 saturated heterocycles. The quantitative estimate of drug-likeness (QED) is 0.747. The molecule has 2 atom stereocenters. The number of aliphatic hydroxyl groups is 1. The van der Waals surface area contributed by atoms with E-state index in [1.807, 2.05) is 61.5 Å². The minimum Gasteiger partial charge on any atom is -0.497 e. The highest BCUT2D eigenvalue weighted by Gasteiger charge is 2.37. The molecule has 0 fully saturated rings. The predicted octanol–water partition coefficient (Wildman–Crippen LogP) is 3.23. The molecule has 1 aliphatic rings. The Labute approximate surface area is 182 Å². The van der Waals surface area contributed by atoms with Crippen molar-refractivity contribution < 1.29 is 19.4 Å². The van der Waals surface area contributed by atoms with E-state index in [0.717, 1.165) is 21.9 Å². The lowest BCUT2D eigenvalue weighted by Crippen LogP contribution is -2.43. The van der Waals surface area contributed by atoms with Gasteiger partial charge in [-0.3, -0.25) is 4.79 Å². The van der Waals surface area contributed by atoms with E-state index in [9.17, 15) is 9.90 Å². The summed E-state index contributed by atoms with van der Waals surface area (Å²) in [4.78, 5) is 17.8. The number of methoxy groups -OCH3 is 2. The first-order valence-electron chi connectivity index (χ1n) is 9.07. The average molecular weight is 439 g/mol. The number of likely N-dealkylation sites (N-methyl/N-ethyl adjacent to an activating group) is 1. The molecule has 8 heteroatoms. The van der Waals surface area contributed by atoms with Crippen LogP contribution in [0.15, 0.2) is 47.4 Å². The minimum atomic E-state index is -1.15. The van der Waals surface area contributed by atoms with Gasteiger partial charge in [0.15, 0.2) is 0 Å². The van der Waals surface area contributed by atoms with Gasteiger partial charge in [-0.05, 0) is 43.9 Å². The number of anilines is 1. The smallest absolute Gasteiger partial charge is 0.257 e. The number of benzene rings is 2. The molecule has 0 bridgehead atoms. The van der Waals surface area contributed by atoms with Gasteiger partial charge in [0.25, 0.3) is 5.91 Å². The summed E-state index contributed by atoms with van der Waals surface area (Å²) in [7, 11) is 7.13. The van der Waals surface area contributed by atoms with E-state index in [4.69, 9.17) is 9.47 Å². The van der Waals surface area contributed by atoms with Crippen molar-refractivity contribution in [1.82, 2.24) is 4.90 Å². The monoisotopic (exact) mass is 438 g/mol. The van der Waals surface area contributed by atoms with Crippen molar-refractivity contribution in [3.8, 4) is 11.5 Å². The SMILES string of the molecule is COc1ccc([C@@H]2Sc3ccc(OC)cc3N(CCN(C)C)C(=O)[C@@H]2O)cc1.Cl. The molecule has 1 amide bonds. The maximum atomic E-state index is 13.2. The highest BCUT2D eigenvalue weighted by atomic mass is 35.5. The van der Waals surface area contributed by atoms with Crippen molar-refractivity contribution in [2.24, 2.45) is 0 Å². The number of amides is 1. The van der Waals surface area contributed by atoms with Crippen molar-refractivity contribution in [1.29, 1.82) is 0 Å². The zero-order valence-corrected chi connectivity index (χ0v) is 18.6. The molecule has 6 nitrogen and oxygen atoms in total. The third-order valence-electron chi connectivity index (χ3n) is 4.73. The summed E-state index contributed by atoms with van der Waals surface area (Å²) in [5, 5.41) is 10.5. The Bertz CT molecular complexity index is 832. The summed E-state index contributed by atoms with van der Waals surface area (Å²) in [6, 6.07) is 13.2. The lowest BCUT2D eigenvalue weighted by Gasteiger charge is -2.26. The second-order valence-corrected chi connectivity index (χ2v) is 8.07. The fourth-order valence-electron chi connectivity index (χ4n) is 3.12. The second-order valence-electron chi connectivity index (χ2n) is 6.88. The van der Waals surface area contributed by atoms with Crippen molar-refractivity contribution in [2.75, 3.05) is 46.3 Å². The summed E-state index contributed by atoms with van der Waals surface area (Å²) in [5.74, 6) is 1.11. The molecule has 1 heterocycles. The van der Waals surface area contributed by atoms with Crippen LogP contribution in [0.3, 0.4) is 0 Å². The van der Waals surface area contributed by atoms with Crippen LogP contribution in [0, 0.1) is 0 Å². The van der Waals surface area contributed by atoms with E-state index >= 15 is 0 Å². The van der Waals surface area contributed by atoms with Gasteiger partial charge in [0.1, 0.15) is 17.6 Å². The molecular weight excluding hydrogens is 412 g/mol. The van der Waals surface area contributed by atoms with E-state index in [-0.39, 0.29) is 18.3 Å². The zero-order chi connectivity index (χ0) is 20.3. The van der Waals surface area contributed by atoms with E-state index in [2.05, 4.69) is 0 Å². The van der Waals surface area contributed by atoms with Crippen LogP contribution in [0.5, 0.6) is 11.5 Å². The summed E-state index contributed by atoms with van der Waals surface area (Å²) in [5.41, 5.74) is 1.65. The maximum Gasteiger partial charge on any atom is 0.257 e. The van der Waals surface area contributed by atoms with Crippen molar-refractivity contribution in [3.63, 3.8) is 0 Å². The van der Waals surface area contributed by atoms with Crippen LogP contribution in [-0.4, -0.2) is 63.4 Å². The molecule has 0 unspecified atom stereocenters. The number of hydrogen-bond donors (Lipinski definition) is 1. The molecule has 158 valence electrons. The largest absolute Gasteiger partial charge is 0.497 e. The van der Waals surface area contributed by atoms with Crippen LogP contribution >= 0.6 is 24.2 Å². The Morgan fingerprint density at radius 3 is 2.28 bits per heavy atom. The molecule has 2 aromatic carbocycles. The van der Waals surface area contributed by atoms with Crippen LogP contribution in [0.4, 0.5) is 5.69 Å². The van der Waals surface area contributed by atoms with E-state index < -0.39 is 11.4 Å². The lowest BCUT2D eigenvalue weighted by molar-refractivity contribution is -0.126. The van der Waals surface area contributed by atoms with Gasteiger partial charge < -0.3 is 24.4 Å². The predicted molar refractivity (Wildman–Crippen MR) is 119 cm³/mol. The number of rotatable bonds is 6. The Morgan fingerprint density at radius 1 is 1.07 bits per heavy atom. The number of halogens is 1. The molecule has 3 rings (SSSR count). The standard InChI is InChI=1S/C21H26N2O4S.ClH/c1-22(2)11-12-23-17-13-16(27-4)9-10-18(17)28-20(19(24)21(23)25)14-5-7-15(26-3)8-6-14;/h5-10,13,19-20,24H,11-12H2,1-4H3;1H/t19-,20+;/m1./s1.